The molecule has 2 rings (SSSR count). The van der Waals surface area contributed by atoms with Crippen LogP contribution in [0.25, 0.3) is 5.76 Å². The van der Waals surface area contributed by atoms with Crippen molar-refractivity contribution in [3.05, 3.63) is 71.9 Å². The minimum absolute atomic E-state index is 0.0344. The van der Waals surface area contributed by atoms with Crippen molar-refractivity contribution < 1.29 is 23.1 Å². The summed E-state index contributed by atoms with van der Waals surface area (Å²) in [6, 6.07) is 15.3. The molecule has 0 aromatic heterocycles. The Bertz CT molecular complexity index is 739. The van der Waals surface area contributed by atoms with Gasteiger partial charge in [0.05, 0.1) is 5.69 Å². The van der Waals surface area contributed by atoms with E-state index in [1.807, 2.05) is 0 Å². The Hall–Kier alpha value is -2.96. The molecule has 0 saturated heterocycles. The Morgan fingerprint density at radius 1 is 0.913 bits per heavy atom. The number of rotatable bonds is 4. The molecular formula is C16H11F3N2O2. The van der Waals surface area contributed by atoms with E-state index in [9.17, 15) is 23.1 Å². The summed E-state index contributed by atoms with van der Waals surface area (Å²) < 4.78 is 38.1. The van der Waals surface area contributed by atoms with E-state index in [1.54, 1.807) is 24.3 Å². The van der Waals surface area contributed by atoms with Crippen molar-refractivity contribution >= 4 is 17.2 Å². The summed E-state index contributed by atoms with van der Waals surface area (Å²) in [5, 5.41) is 16.9. The highest BCUT2D eigenvalue weighted by Crippen LogP contribution is 2.27. The summed E-state index contributed by atoms with van der Waals surface area (Å²) >= 11 is 0. The maximum atomic E-state index is 12.7. The molecule has 1 N–H and O–H groups in total. The number of nitrogens with zero attached hydrogens (tertiary/aromatic N) is 2. The third kappa shape index (κ3) is 4.26. The van der Waals surface area contributed by atoms with Gasteiger partial charge in [-0.2, -0.15) is 18.3 Å². The summed E-state index contributed by atoms with van der Waals surface area (Å²) in [6.07, 6.45) is -5.17. The van der Waals surface area contributed by atoms with E-state index in [4.69, 9.17) is 0 Å². The number of ketones is 1. The standard InChI is InChI=1S/C16H11F3N2O2/c17-16(18,19)15(23)13(14(22)11-7-3-1-4-8-11)21-20-12-9-5-2-6-10-12/h1-10,22H/b14-13-,21-20?. The average Bonchev–Trinajstić information content (AvgIpc) is 2.55. The number of carbonyl (C=O) groups is 1. The lowest BCUT2D eigenvalue weighted by Crippen LogP contribution is -2.24. The van der Waals surface area contributed by atoms with Crippen molar-refractivity contribution in [3.8, 4) is 0 Å². The molecule has 0 heterocycles. The van der Waals surface area contributed by atoms with Gasteiger partial charge >= 0.3 is 6.18 Å². The molecule has 23 heavy (non-hydrogen) atoms. The lowest BCUT2D eigenvalue weighted by Gasteiger charge is -2.08. The molecule has 0 bridgehead atoms. The highest BCUT2D eigenvalue weighted by Gasteiger charge is 2.43. The van der Waals surface area contributed by atoms with Crippen LogP contribution >= 0.6 is 0 Å². The van der Waals surface area contributed by atoms with E-state index in [-0.39, 0.29) is 11.3 Å². The molecule has 0 aliphatic rings. The summed E-state index contributed by atoms with van der Waals surface area (Å²) in [4.78, 5) is 11.5. The fourth-order valence-corrected chi connectivity index (χ4v) is 1.67. The van der Waals surface area contributed by atoms with E-state index < -0.39 is 23.4 Å². The quantitative estimate of drug-likeness (QED) is 0.498. The number of Topliss-reactive ketones (excluding diaryl/α,β-unsaturated/α-hetero) is 1. The van der Waals surface area contributed by atoms with Gasteiger partial charge in [-0.05, 0) is 12.1 Å². The van der Waals surface area contributed by atoms with Gasteiger partial charge < -0.3 is 5.11 Å². The zero-order valence-corrected chi connectivity index (χ0v) is 11.7. The molecule has 0 spiro atoms. The second-order valence-corrected chi connectivity index (χ2v) is 4.43. The molecular weight excluding hydrogens is 309 g/mol. The zero-order valence-electron chi connectivity index (χ0n) is 11.7. The number of azo groups is 1. The normalized spacial score (nSPS) is 13.0. The Kier molecular flexibility index (Phi) is 4.90. The molecule has 7 heteroatoms. The molecule has 0 radical (unpaired) electrons. The van der Waals surface area contributed by atoms with E-state index >= 15 is 0 Å². The third-order valence-electron chi connectivity index (χ3n) is 2.77. The van der Waals surface area contributed by atoms with Crippen molar-refractivity contribution in [1.82, 2.24) is 0 Å². The van der Waals surface area contributed by atoms with Crippen LogP contribution < -0.4 is 0 Å². The Labute approximate surface area is 129 Å². The van der Waals surface area contributed by atoms with Crippen LogP contribution in [-0.4, -0.2) is 17.1 Å². The van der Waals surface area contributed by atoms with Gasteiger partial charge in [-0.15, -0.1) is 5.11 Å². The first-order chi connectivity index (χ1) is 10.9. The summed E-state index contributed by atoms with van der Waals surface area (Å²) in [5.74, 6) is -3.15. The van der Waals surface area contributed by atoms with Gasteiger partial charge in [0.25, 0.3) is 5.78 Å². The lowest BCUT2D eigenvalue weighted by atomic mass is 10.1. The third-order valence-corrected chi connectivity index (χ3v) is 2.77. The second-order valence-electron chi connectivity index (χ2n) is 4.43. The maximum absolute atomic E-state index is 12.7. The van der Waals surface area contributed by atoms with E-state index in [0.29, 0.717) is 0 Å². The van der Waals surface area contributed by atoms with Gasteiger partial charge in [-0.1, -0.05) is 48.5 Å². The topological polar surface area (TPSA) is 62.0 Å². The molecule has 0 unspecified atom stereocenters. The van der Waals surface area contributed by atoms with E-state index in [0.717, 1.165) is 0 Å². The average molecular weight is 320 g/mol. The molecule has 118 valence electrons. The first-order valence-electron chi connectivity index (χ1n) is 6.46. The number of aliphatic hydroxyl groups excluding tert-OH is 1. The van der Waals surface area contributed by atoms with Gasteiger partial charge in [-0.3, -0.25) is 4.79 Å². The number of allylic oxidation sites excluding steroid dienone is 1. The maximum Gasteiger partial charge on any atom is 0.456 e. The van der Waals surface area contributed by atoms with Crippen LogP contribution in [0.1, 0.15) is 5.56 Å². The van der Waals surface area contributed by atoms with Crippen LogP contribution in [0.15, 0.2) is 76.6 Å². The predicted octanol–water partition coefficient (Wildman–Crippen LogP) is 4.83. The largest absolute Gasteiger partial charge is 0.505 e. The number of carbonyl (C=O) groups excluding carboxylic acids is 1. The highest BCUT2D eigenvalue weighted by atomic mass is 19.4. The Morgan fingerprint density at radius 2 is 1.43 bits per heavy atom. The first kappa shape index (κ1) is 16.4. The molecule has 2 aromatic rings. The van der Waals surface area contributed by atoms with Crippen LogP contribution in [0.4, 0.5) is 18.9 Å². The highest BCUT2D eigenvalue weighted by molar-refractivity contribution is 6.04. The van der Waals surface area contributed by atoms with Crippen LogP contribution in [0.3, 0.4) is 0 Å². The van der Waals surface area contributed by atoms with E-state index in [2.05, 4.69) is 10.2 Å². The molecule has 0 atom stereocenters. The molecule has 2 aromatic carbocycles. The number of benzene rings is 2. The SMILES string of the molecule is O=C(/C(N=Nc1ccccc1)=C(/O)c1ccccc1)C(F)(F)F. The lowest BCUT2D eigenvalue weighted by molar-refractivity contribution is -0.166. The zero-order chi connectivity index (χ0) is 16.9. The van der Waals surface area contributed by atoms with Crippen molar-refractivity contribution in [2.24, 2.45) is 10.2 Å². The predicted molar refractivity (Wildman–Crippen MR) is 78.0 cm³/mol. The number of hydrogen-bond acceptors (Lipinski definition) is 4. The van der Waals surface area contributed by atoms with Crippen molar-refractivity contribution in [1.29, 1.82) is 0 Å². The van der Waals surface area contributed by atoms with Gasteiger partial charge in [0.15, 0.2) is 11.5 Å². The Morgan fingerprint density at radius 3 is 1.96 bits per heavy atom. The van der Waals surface area contributed by atoms with Gasteiger partial charge in [0.2, 0.25) is 0 Å². The fraction of sp³-hybridized carbons (Fsp3) is 0.0625. The molecule has 0 fully saturated rings. The van der Waals surface area contributed by atoms with Crippen LogP contribution in [0.5, 0.6) is 0 Å². The summed E-state index contributed by atoms with van der Waals surface area (Å²) in [6.45, 7) is 0. The fourth-order valence-electron chi connectivity index (χ4n) is 1.67. The molecule has 4 nitrogen and oxygen atoms in total. The summed E-state index contributed by atoms with van der Waals surface area (Å²) in [7, 11) is 0. The van der Waals surface area contributed by atoms with Gasteiger partial charge in [-0.25, -0.2) is 0 Å². The van der Waals surface area contributed by atoms with Gasteiger partial charge in [0.1, 0.15) is 0 Å². The van der Waals surface area contributed by atoms with E-state index in [1.165, 1.54) is 36.4 Å². The first-order valence-corrected chi connectivity index (χ1v) is 6.46. The number of aliphatic hydroxyl groups is 1. The molecule has 0 amide bonds. The molecule has 0 aliphatic carbocycles. The number of hydrogen-bond donors (Lipinski definition) is 1. The number of halogens is 3. The minimum atomic E-state index is -5.17. The molecule has 0 aliphatic heterocycles. The second kappa shape index (κ2) is 6.87. The van der Waals surface area contributed by atoms with Crippen molar-refractivity contribution in [3.63, 3.8) is 0 Å². The van der Waals surface area contributed by atoms with Crippen LogP contribution in [0.2, 0.25) is 0 Å². The monoisotopic (exact) mass is 320 g/mol. The smallest absolute Gasteiger partial charge is 0.456 e. The minimum Gasteiger partial charge on any atom is -0.505 e. The number of alkyl halides is 3. The van der Waals surface area contributed by atoms with Gasteiger partial charge in [0, 0.05) is 5.56 Å². The van der Waals surface area contributed by atoms with Crippen LogP contribution in [-0.2, 0) is 4.79 Å². The Balaban J connectivity index is 2.49. The van der Waals surface area contributed by atoms with Crippen molar-refractivity contribution in [2.75, 3.05) is 0 Å². The van der Waals surface area contributed by atoms with Crippen LogP contribution in [0, 0.1) is 0 Å². The molecule has 0 saturated carbocycles. The summed E-state index contributed by atoms with van der Waals surface area (Å²) in [5.41, 5.74) is -0.875. The van der Waals surface area contributed by atoms with Crippen molar-refractivity contribution in [2.45, 2.75) is 6.18 Å².